The Bertz CT molecular complexity index is 626. The van der Waals surface area contributed by atoms with Gasteiger partial charge in [0, 0.05) is 28.4 Å². The third-order valence-corrected chi connectivity index (χ3v) is 4.40. The molecule has 4 nitrogen and oxygen atoms in total. The molecule has 0 spiro atoms. The standard InChI is InChI=1S/C16H17ClN2O2S/c1-11(14-3-2-10-22-14)19-15(20)8-9-18-16(21)12-4-6-13(17)7-5-12/h2-7,10-11H,8-9H2,1H3,(H,18,21)(H,19,20)/t11-/m0/s1. The Balaban J connectivity index is 1.72. The second-order valence-corrected chi connectivity index (χ2v) is 6.23. The van der Waals surface area contributed by atoms with Gasteiger partial charge in [0.25, 0.3) is 5.91 Å². The largest absolute Gasteiger partial charge is 0.352 e. The van der Waals surface area contributed by atoms with Crippen LogP contribution in [-0.4, -0.2) is 18.4 Å². The van der Waals surface area contributed by atoms with Gasteiger partial charge in [-0.05, 0) is 42.6 Å². The molecule has 1 aromatic carbocycles. The first-order valence-corrected chi connectivity index (χ1v) is 8.18. The van der Waals surface area contributed by atoms with Crippen LogP contribution in [0.3, 0.4) is 0 Å². The molecule has 0 fully saturated rings. The van der Waals surface area contributed by atoms with Gasteiger partial charge < -0.3 is 10.6 Å². The molecule has 0 unspecified atom stereocenters. The first-order chi connectivity index (χ1) is 10.6. The minimum Gasteiger partial charge on any atom is -0.352 e. The van der Waals surface area contributed by atoms with Crippen LogP contribution in [0.1, 0.15) is 34.6 Å². The zero-order valence-corrected chi connectivity index (χ0v) is 13.7. The van der Waals surface area contributed by atoms with E-state index in [1.165, 1.54) is 0 Å². The van der Waals surface area contributed by atoms with Crippen molar-refractivity contribution in [3.63, 3.8) is 0 Å². The van der Waals surface area contributed by atoms with Crippen molar-refractivity contribution in [3.05, 3.63) is 57.2 Å². The zero-order chi connectivity index (χ0) is 15.9. The molecular weight excluding hydrogens is 320 g/mol. The average molecular weight is 337 g/mol. The maximum atomic E-state index is 11.9. The summed E-state index contributed by atoms with van der Waals surface area (Å²) in [5, 5.41) is 8.18. The molecule has 116 valence electrons. The smallest absolute Gasteiger partial charge is 0.251 e. The molecule has 2 amide bonds. The van der Waals surface area contributed by atoms with Gasteiger partial charge in [-0.3, -0.25) is 9.59 Å². The predicted molar refractivity (Wildman–Crippen MR) is 89.3 cm³/mol. The third kappa shape index (κ3) is 4.86. The van der Waals surface area contributed by atoms with E-state index in [0.717, 1.165) is 4.88 Å². The molecule has 0 aliphatic rings. The van der Waals surface area contributed by atoms with Gasteiger partial charge in [0.1, 0.15) is 0 Å². The number of hydrogen-bond donors (Lipinski definition) is 2. The number of benzene rings is 1. The number of carbonyl (C=O) groups excluding carboxylic acids is 2. The lowest BCUT2D eigenvalue weighted by Crippen LogP contribution is -2.31. The van der Waals surface area contributed by atoms with E-state index in [0.29, 0.717) is 17.1 Å². The Labute approximate surface area is 138 Å². The fourth-order valence-corrected chi connectivity index (χ4v) is 2.78. The van der Waals surface area contributed by atoms with Crippen molar-refractivity contribution in [1.82, 2.24) is 10.6 Å². The van der Waals surface area contributed by atoms with E-state index in [1.807, 2.05) is 24.4 Å². The summed E-state index contributed by atoms with van der Waals surface area (Å²) >= 11 is 7.37. The molecule has 2 N–H and O–H groups in total. The number of carbonyl (C=O) groups is 2. The third-order valence-electron chi connectivity index (χ3n) is 3.09. The summed E-state index contributed by atoms with van der Waals surface area (Å²) in [5.74, 6) is -0.298. The summed E-state index contributed by atoms with van der Waals surface area (Å²) in [6, 6.07) is 10.5. The molecule has 0 radical (unpaired) electrons. The summed E-state index contributed by atoms with van der Waals surface area (Å²) < 4.78 is 0. The van der Waals surface area contributed by atoms with Crippen LogP contribution in [0.25, 0.3) is 0 Å². The quantitative estimate of drug-likeness (QED) is 0.849. The molecule has 0 aliphatic heterocycles. The molecule has 2 rings (SSSR count). The van der Waals surface area contributed by atoms with E-state index in [4.69, 9.17) is 11.6 Å². The normalized spacial score (nSPS) is 11.7. The van der Waals surface area contributed by atoms with Crippen LogP contribution in [0.5, 0.6) is 0 Å². The van der Waals surface area contributed by atoms with Crippen LogP contribution < -0.4 is 10.6 Å². The fourth-order valence-electron chi connectivity index (χ4n) is 1.92. The van der Waals surface area contributed by atoms with E-state index >= 15 is 0 Å². The highest BCUT2D eigenvalue weighted by Crippen LogP contribution is 2.17. The second kappa shape index (κ2) is 7.96. The van der Waals surface area contributed by atoms with Gasteiger partial charge in [-0.1, -0.05) is 17.7 Å². The highest BCUT2D eigenvalue weighted by atomic mass is 35.5. The summed E-state index contributed by atoms with van der Waals surface area (Å²) in [6.07, 6.45) is 0.245. The summed E-state index contributed by atoms with van der Waals surface area (Å²) in [7, 11) is 0. The molecule has 22 heavy (non-hydrogen) atoms. The number of nitrogens with one attached hydrogen (secondary N) is 2. The summed E-state index contributed by atoms with van der Waals surface area (Å²) in [6.45, 7) is 2.24. The van der Waals surface area contributed by atoms with Crippen molar-refractivity contribution >= 4 is 34.8 Å². The van der Waals surface area contributed by atoms with Crippen molar-refractivity contribution < 1.29 is 9.59 Å². The van der Waals surface area contributed by atoms with Gasteiger partial charge >= 0.3 is 0 Å². The van der Waals surface area contributed by atoms with E-state index in [9.17, 15) is 9.59 Å². The molecular formula is C16H17ClN2O2S. The topological polar surface area (TPSA) is 58.2 Å². The van der Waals surface area contributed by atoms with Gasteiger partial charge in [0.15, 0.2) is 0 Å². The Morgan fingerprint density at radius 2 is 1.95 bits per heavy atom. The Morgan fingerprint density at radius 3 is 2.59 bits per heavy atom. The lowest BCUT2D eigenvalue weighted by atomic mass is 10.2. The van der Waals surface area contributed by atoms with Gasteiger partial charge in [-0.15, -0.1) is 11.3 Å². The number of amides is 2. The molecule has 0 aliphatic carbocycles. The minimum atomic E-state index is -0.212. The first kappa shape index (κ1) is 16.5. The van der Waals surface area contributed by atoms with Crippen LogP contribution in [0.4, 0.5) is 0 Å². The lowest BCUT2D eigenvalue weighted by Gasteiger charge is -2.12. The monoisotopic (exact) mass is 336 g/mol. The number of thiophene rings is 1. The number of rotatable bonds is 6. The zero-order valence-electron chi connectivity index (χ0n) is 12.1. The van der Waals surface area contributed by atoms with Crippen molar-refractivity contribution in [2.45, 2.75) is 19.4 Å². The van der Waals surface area contributed by atoms with Crippen molar-refractivity contribution in [3.8, 4) is 0 Å². The Morgan fingerprint density at radius 1 is 1.23 bits per heavy atom. The average Bonchev–Trinajstić information content (AvgIpc) is 3.02. The van der Waals surface area contributed by atoms with Gasteiger partial charge in [0.2, 0.25) is 5.91 Å². The molecule has 1 atom stereocenters. The van der Waals surface area contributed by atoms with E-state index < -0.39 is 0 Å². The second-order valence-electron chi connectivity index (χ2n) is 4.82. The van der Waals surface area contributed by atoms with Crippen LogP contribution in [-0.2, 0) is 4.79 Å². The molecule has 0 bridgehead atoms. The van der Waals surface area contributed by atoms with E-state index in [-0.39, 0.29) is 24.3 Å². The fraction of sp³-hybridized carbons (Fsp3) is 0.250. The maximum Gasteiger partial charge on any atom is 0.251 e. The van der Waals surface area contributed by atoms with E-state index in [2.05, 4.69) is 10.6 Å². The van der Waals surface area contributed by atoms with Gasteiger partial charge in [-0.2, -0.15) is 0 Å². The first-order valence-electron chi connectivity index (χ1n) is 6.93. The number of halogens is 1. The van der Waals surface area contributed by atoms with Gasteiger partial charge in [0.05, 0.1) is 6.04 Å². The molecule has 1 aromatic heterocycles. The molecule has 0 saturated heterocycles. The summed E-state index contributed by atoms with van der Waals surface area (Å²) in [5.41, 5.74) is 0.525. The van der Waals surface area contributed by atoms with Gasteiger partial charge in [-0.25, -0.2) is 0 Å². The lowest BCUT2D eigenvalue weighted by molar-refractivity contribution is -0.121. The maximum absolute atomic E-state index is 11.9. The molecule has 2 aromatic rings. The number of hydrogen-bond acceptors (Lipinski definition) is 3. The predicted octanol–water partition coefficient (Wildman–Crippen LogP) is 3.40. The SMILES string of the molecule is C[C@H](NC(=O)CCNC(=O)c1ccc(Cl)cc1)c1cccs1. The van der Waals surface area contributed by atoms with Crippen LogP contribution in [0.15, 0.2) is 41.8 Å². The van der Waals surface area contributed by atoms with Crippen LogP contribution in [0, 0.1) is 0 Å². The highest BCUT2D eigenvalue weighted by Gasteiger charge is 2.11. The Hall–Kier alpha value is -1.85. The van der Waals surface area contributed by atoms with Crippen molar-refractivity contribution in [1.29, 1.82) is 0 Å². The minimum absolute atomic E-state index is 0.0144. The Kier molecular flexibility index (Phi) is 5.98. The van der Waals surface area contributed by atoms with E-state index in [1.54, 1.807) is 35.6 Å². The van der Waals surface area contributed by atoms with Crippen LogP contribution >= 0.6 is 22.9 Å². The summed E-state index contributed by atoms with van der Waals surface area (Å²) in [4.78, 5) is 24.8. The molecule has 0 saturated carbocycles. The van der Waals surface area contributed by atoms with Crippen molar-refractivity contribution in [2.24, 2.45) is 0 Å². The molecule has 6 heteroatoms. The molecule has 1 heterocycles. The highest BCUT2D eigenvalue weighted by molar-refractivity contribution is 7.10. The van der Waals surface area contributed by atoms with Crippen molar-refractivity contribution in [2.75, 3.05) is 6.54 Å². The van der Waals surface area contributed by atoms with Crippen LogP contribution in [0.2, 0.25) is 5.02 Å².